The molecule has 0 aliphatic carbocycles. The van der Waals surface area contributed by atoms with E-state index in [0.29, 0.717) is 17.6 Å². The van der Waals surface area contributed by atoms with Crippen LogP contribution in [-0.2, 0) is 15.4 Å². The Morgan fingerprint density at radius 2 is 2.07 bits per heavy atom. The minimum absolute atomic E-state index is 0.202. The maximum Gasteiger partial charge on any atom is 0.225 e. The number of aliphatic hydroxyl groups excluding tert-OH is 2. The molecule has 1 fully saturated rings. The molecule has 0 aromatic carbocycles. The van der Waals surface area contributed by atoms with E-state index in [0.717, 1.165) is 12.8 Å². The van der Waals surface area contributed by atoms with E-state index in [1.807, 2.05) is 19.9 Å². The van der Waals surface area contributed by atoms with Crippen molar-refractivity contribution in [2.24, 2.45) is 5.92 Å². The zero-order chi connectivity index (χ0) is 19.8. The van der Waals surface area contributed by atoms with Gasteiger partial charge < -0.3 is 20.7 Å². The van der Waals surface area contributed by atoms with Crippen molar-refractivity contribution >= 4 is 11.2 Å². The first-order valence-electron chi connectivity index (χ1n) is 9.23. The molecular weight excluding hydrogens is 348 g/mol. The summed E-state index contributed by atoms with van der Waals surface area (Å²) in [5.74, 6) is 0.202. The molecular formula is C19H25N4O4. The lowest BCUT2D eigenvalue weighted by atomic mass is 9.89. The summed E-state index contributed by atoms with van der Waals surface area (Å²) in [5.41, 5.74) is 5.26. The zero-order valence-electron chi connectivity index (χ0n) is 15.4. The number of aliphatic hydroxyl groups is 2. The molecule has 3 rings (SSSR count). The minimum atomic E-state index is -1.89. The van der Waals surface area contributed by atoms with Crippen molar-refractivity contribution in [2.75, 3.05) is 5.73 Å². The van der Waals surface area contributed by atoms with Crippen LogP contribution in [0.25, 0.3) is 5.52 Å². The van der Waals surface area contributed by atoms with E-state index in [4.69, 9.17) is 10.5 Å². The molecule has 1 aliphatic heterocycles. The second kappa shape index (κ2) is 7.44. The van der Waals surface area contributed by atoms with Crippen molar-refractivity contribution in [2.45, 2.75) is 63.1 Å². The van der Waals surface area contributed by atoms with Crippen LogP contribution in [0.4, 0.5) is 5.69 Å². The molecule has 2 aromatic rings. The Morgan fingerprint density at radius 1 is 1.37 bits per heavy atom. The smallest absolute Gasteiger partial charge is 0.225 e. The number of nitrogen functional groups attached to an aromatic ring is 1. The quantitative estimate of drug-likeness (QED) is 0.699. The van der Waals surface area contributed by atoms with Crippen LogP contribution in [0.3, 0.4) is 0 Å². The van der Waals surface area contributed by atoms with Gasteiger partial charge >= 0.3 is 0 Å². The highest BCUT2D eigenvalue weighted by Gasteiger charge is 2.59. The van der Waals surface area contributed by atoms with E-state index >= 15 is 0 Å². The Kier molecular flexibility index (Phi) is 5.40. The molecule has 1 aliphatic rings. The van der Waals surface area contributed by atoms with Crippen molar-refractivity contribution in [1.82, 2.24) is 9.61 Å². The van der Waals surface area contributed by atoms with E-state index in [-0.39, 0.29) is 11.6 Å². The van der Waals surface area contributed by atoms with Crippen LogP contribution < -0.4 is 5.73 Å². The third kappa shape index (κ3) is 3.07. The monoisotopic (exact) mass is 373 g/mol. The third-order valence-corrected chi connectivity index (χ3v) is 5.62. The van der Waals surface area contributed by atoms with Gasteiger partial charge in [-0.15, -0.1) is 0 Å². The molecule has 0 unspecified atom stereocenters. The molecule has 0 saturated carbocycles. The SMILES string of the molecule is CCC(CC)C[C@H]([O])[C@H]1O[C@@](C#N)(c2ccc3c(N)ccnn23)[C@H](O)[C@@H]1O. The number of anilines is 1. The largest absolute Gasteiger partial charge is 0.397 e. The molecule has 5 atom stereocenters. The standard InChI is InChI=1S/C19H25N4O4/c1-3-11(4-2)9-14(24)17-16(25)18(26)19(10-20,27-17)15-6-5-13-12(21)7-8-22-23(13)15/h5-8,11,14,16-18,25-26H,3-4,9,21H2,1-2H3/t14-,16+,17+,18+,19-/m0/s1. The minimum Gasteiger partial charge on any atom is -0.397 e. The predicted molar refractivity (Wildman–Crippen MR) is 96.9 cm³/mol. The Labute approximate surface area is 157 Å². The number of nitrogens with zero attached hydrogens (tertiary/aromatic N) is 3. The number of ether oxygens (including phenoxy) is 1. The van der Waals surface area contributed by atoms with Crippen LogP contribution in [0.5, 0.6) is 0 Å². The Bertz CT molecular complexity index is 844. The maximum atomic E-state index is 12.8. The van der Waals surface area contributed by atoms with Gasteiger partial charge in [-0.2, -0.15) is 10.4 Å². The molecule has 3 heterocycles. The van der Waals surface area contributed by atoms with Crippen molar-refractivity contribution in [3.05, 3.63) is 30.1 Å². The van der Waals surface area contributed by atoms with E-state index < -0.39 is 30.0 Å². The van der Waals surface area contributed by atoms with E-state index in [1.54, 1.807) is 18.2 Å². The molecule has 8 nitrogen and oxygen atoms in total. The Morgan fingerprint density at radius 3 is 2.70 bits per heavy atom. The van der Waals surface area contributed by atoms with Crippen LogP contribution in [0.2, 0.25) is 0 Å². The maximum absolute atomic E-state index is 12.8. The summed E-state index contributed by atoms with van der Waals surface area (Å²) in [6.07, 6.45) is -2.02. The highest BCUT2D eigenvalue weighted by molar-refractivity contribution is 5.69. The summed E-state index contributed by atoms with van der Waals surface area (Å²) in [4.78, 5) is 0. The van der Waals surface area contributed by atoms with Crippen molar-refractivity contribution < 1.29 is 20.1 Å². The number of aromatic nitrogens is 2. The first-order chi connectivity index (χ1) is 12.9. The van der Waals surface area contributed by atoms with Gasteiger partial charge in [0.05, 0.1) is 16.9 Å². The highest BCUT2D eigenvalue weighted by Crippen LogP contribution is 2.42. The van der Waals surface area contributed by atoms with Crippen molar-refractivity contribution in [3.8, 4) is 6.07 Å². The number of nitriles is 1. The van der Waals surface area contributed by atoms with Crippen LogP contribution in [-0.4, -0.2) is 44.2 Å². The lowest BCUT2D eigenvalue weighted by Gasteiger charge is -2.25. The van der Waals surface area contributed by atoms with Crippen molar-refractivity contribution in [3.63, 3.8) is 0 Å². The van der Waals surface area contributed by atoms with Gasteiger partial charge in [0, 0.05) is 6.20 Å². The second-order valence-corrected chi connectivity index (χ2v) is 7.12. The molecule has 145 valence electrons. The number of fused-ring (bicyclic) bond motifs is 1. The topological polar surface area (TPSA) is 137 Å². The van der Waals surface area contributed by atoms with Gasteiger partial charge in [0.2, 0.25) is 5.60 Å². The molecule has 1 radical (unpaired) electrons. The lowest BCUT2D eigenvalue weighted by Crippen LogP contribution is -2.41. The first kappa shape index (κ1) is 19.6. The van der Waals surface area contributed by atoms with Crippen LogP contribution in [0.15, 0.2) is 24.4 Å². The fourth-order valence-electron chi connectivity index (χ4n) is 3.83. The highest BCUT2D eigenvalue weighted by atomic mass is 16.6. The van der Waals surface area contributed by atoms with E-state index in [2.05, 4.69) is 5.10 Å². The molecule has 4 N–H and O–H groups in total. The number of hydrogen-bond acceptors (Lipinski definition) is 6. The fourth-order valence-corrected chi connectivity index (χ4v) is 3.83. The zero-order valence-corrected chi connectivity index (χ0v) is 15.4. The van der Waals surface area contributed by atoms with Gasteiger partial charge in [-0.25, -0.2) is 9.62 Å². The summed E-state index contributed by atoms with van der Waals surface area (Å²) in [7, 11) is 0. The molecule has 27 heavy (non-hydrogen) atoms. The van der Waals surface area contributed by atoms with Gasteiger partial charge in [-0.3, -0.25) is 0 Å². The van der Waals surface area contributed by atoms with Gasteiger partial charge in [0.15, 0.2) is 0 Å². The summed E-state index contributed by atoms with van der Waals surface area (Å²) >= 11 is 0. The summed E-state index contributed by atoms with van der Waals surface area (Å²) in [6.45, 7) is 4.01. The predicted octanol–water partition coefficient (Wildman–Crippen LogP) is 1.38. The van der Waals surface area contributed by atoms with Crippen molar-refractivity contribution in [1.29, 1.82) is 5.26 Å². The average Bonchev–Trinajstić information content (AvgIpc) is 3.22. The lowest BCUT2D eigenvalue weighted by molar-refractivity contribution is -0.118. The molecule has 0 bridgehead atoms. The fraction of sp³-hybridized carbons (Fsp3) is 0.579. The molecule has 2 aromatic heterocycles. The molecule has 8 heteroatoms. The van der Waals surface area contributed by atoms with E-state index in [1.165, 1.54) is 10.7 Å². The van der Waals surface area contributed by atoms with Gasteiger partial charge in [-0.1, -0.05) is 26.7 Å². The summed E-state index contributed by atoms with van der Waals surface area (Å²) in [5, 5.41) is 48.0. The van der Waals surface area contributed by atoms with Crippen LogP contribution in [0, 0.1) is 17.2 Å². The normalized spacial score (nSPS) is 29.3. The van der Waals surface area contributed by atoms with Crippen LogP contribution >= 0.6 is 0 Å². The summed E-state index contributed by atoms with van der Waals surface area (Å²) < 4.78 is 7.19. The molecule has 0 spiro atoms. The van der Waals surface area contributed by atoms with E-state index in [9.17, 15) is 20.6 Å². The Hall–Kier alpha value is -2.18. The number of rotatable bonds is 6. The van der Waals surface area contributed by atoms with Gasteiger partial charge in [0.1, 0.15) is 30.5 Å². The Balaban J connectivity index is 1.98. The summed E-state index contributed by atoms with van der Waals surface area (Å²) in [6, 6.07) is 6.81. The average molecular weight is 373 g/mol. The van der Waals surface area contributed by atoms with Gasteiger partial charge in [-0.05, 0) is 30.5 Å². The second-order valence-electron chi connectivity index (χ2n) is 7.12. The van der Waals surface area contributed by atoms with Gasteiger partial charge in [0.25, 0.3) is 0 Å². The molecule has 1 saturated heterocycles. The third-order valence-electron chi connectivity index (χ3n) is 5.62. The van der Waals surface area contributed by atoms with Crippen LogP contribution in [0.1, 0.15) is 38.8 Å². The number of nitrogens with two attached hydrogens (primary N) is 1. The first-order valence-corrected chi connectivity index (χ1v) is 9.23. The molecule has 0 amide bonds. The number of hydrogen-bond donors (Lipinski definition) is 3.